The van der Waals surface area contributed by atoms with E-state index in [2.05, 4.69) is 99.3 Å². The van der Waals surface area contributed by atoms with Crippen molar-refractivity contribution in [2.24, 2.45) is 0 Å². The van der Waals surface area contributed by atoms with Gasteiger partial charge >= 0.3 is 0 Å². The third-order valence-corrected chi connectivity index (χ3v) is 4.09. The number of hydrogen-bond acceptors (Lipinski definition) is 1. The molecule has 3 heteroatoms. The minimum absolute atomic E-state index is 0.349. The summed E-state index contributed by atoms with van der Waals surface area (Å²) in [5, 5.41) is 3.54. The average molecular weight is 416 g/mol. The van der Waals surface area contributed by atoms with Gasteiger partial charge in [0.2, 0.25) is 0 Å². The first-order valence-electron chi connectivity index (χ1n) is 5.88. The van der Waals surface area contributed by atoms with Crippen molar-refractivity contribution in [1.29, 1.82) is 0 Å². The summed E-state index contributed by atoms with van der Waals surface area (Å²) < 4.78 is 2.40. The van der Waals surface area contributed by atoms with Crippen LogP contribution in [-0.2, 0) is 6.54 Å². The largest absolute Gasteiger partial charge is 0.306 e. The Bertz CT molecular complexity index is 510. The van der Waals surface area contributed by atoms with E-state index in [-0.39, 0.29) is 0 Å². The standard InChI is InChI=1S/C15H15BrIN/c1-11(13-3-2-4-14(16)9-13)18-10-12-5-7-15(17)8-6-12/h2-9,11,18H,10H2,1H3/t11-/m1/s1. The fourth-order valence-electron chi connectivity index (χ4n) is 1.77. The van der Waals surface area contributed by atoms with Gasteiger partial charge in [-0.25, -0.2) is 0 Å². The van der Waals surface area contributed by atoms with Crippen molar-refractivity contribution in [1.82, 2.24) is 5.32 Å². The summed E-state index contributed by atoms with van der Waals surface area (Å²) in [5.74, 6) is 0. The predicted octanol–water partition coefficient (Wildman–Crippen LogP) is 4.90. The lowest BCUT2D eigenvalue weighted by molar-refractivity contribution is 0.574. The van der Waals surface area contributed by atoms with Crippen molar-refractivity contribution >= 4 is 38.5 Å². The van der Waals surface area contributed by atoms with Gasteiger partial charge in [-0.15, -0.1) is 0 Å². The first-order valence-corrected chi connectivity index (χ1v) is 7.75. The van der Waals surface area contributed by atoms with Crippen molar-refractivity contribution in [3.63, 3.8) is 0 Å². The molecule has 18 heavy (non-hydrogen) atoms. The number of halogens is 2. The van der Waals surface area contributed by atoms with Gasteiger partial charge in [0.15, 0.2) is 0 Å². The number of hydrogen-bond donors (Lipinski definition) is 1. The molecule has 0 saturated heterocycles. The summed E-state index contributed by atoms with van der Waals surface area (Å²) in [5.41, 5.74) is 2.62. The zero-order valence-corrected chi connectivity index (χ0v) is 13.9. The molecule has 0 aromatic heterocycles. The van der Waals surface area contributed by atoms with Gasteiger partial charge in [-0.2, -0.15) is 0 Å². The molecule has 2 aromatic carbocycles. The molecular weight excluding hydrogens is 401 g/mol. The van der Waals surface area contributed by atoms with E-state index in [9.17, 15) is 0 Å². The summed E-state index contributed by atoms with van der Waals surface area (Å²) >= 11 is 5.83. The van der Waals surface area contributed by atoms with Gasteiger partial charge in [0.1, 0.15) is 0 Å². The number of rotatable bonds is 4. The average Bonchev–Trinajstić information content (AvgIpc) is 2.38. The van der Waals surface area contributed by atoms with Gasteiger partial charge in [0, 0.05) is 20.6 Å². The summed E-state index contributed by atoms with van der Waals surface area (Å²) in [7, 11) is 0. The number of nitrogens with one attached hydrogen (secondary N) is 1. The first-order chi connectivity index (χ1) is 8.65. The van der Waals surface area contributed by atoms with Crippen LogP contribution in [0.3, 0.4) is 0 Å². The normalized spacial score (nSPS) is 12.4. The SMILES string of the molecule is C[C@@H](NCc1ccc(I)cc1)c1cccc(Br)c1. The van der Waals surface area contributed by atoms with Crippen LogP contribution < -0.4 is 5.32 Å². The van der Waals surface area contributed by atoms with Gasteiger partial charge < -0.3 is 5.32 Å². The van der Waals surface area contributed by atoms with Crippen LogP contribution in [0.1, 0.15) is 24.1 Å². The lowest BCUT2D eigenvalue weighted by Gasteiger charge is -2.14. The number of benzene rings is 2. The fourth-order valence-corrected chi connectivity index (χ4v) is 2.54. The molecule has 0 fully saturated rings. The van der Waals surface area contributed by atoms with Crippen molar-refractivity contribution < 1.29 is 0 Å². The molecule has 0 bridgehead atoms. The Morgan fingerprint density at radius 1 is 1.17 bits per heavy atom. The van der Waals surface area contributed by atoms with E-state index in [1.807, 2.05) is 0 Å². The van der Waals surface area contributed by atoms with E-state index in [1.54, 1.807) is 0 Å². The van der Waals surface area contributed by atoms with Crippen LogP contribution >= 0.6 is 38.5 Å². The molecule has 0 radical (unpaired) electrons. The van der Waals surface area contributed by atoms with E-state index < -0.39 is 0 Å². The monoisotopic (exact) mass is 415 g/mol. The second-order valence-corrected chi connectivity index (χ2v) is 6.45. The Kier molecular flexibility index (Phi) is 5.21. The van der Waals surface area contributed by atoms with Crippen molar-refractivity contribution in [3.8, 4) is 0 Å². The predicted molar refractivity (Wildman–Crippen MR) is 88.6 cm³/mol. The van der Waals surface area contributed by atoms with Crippen LogP contribution in [0, 0.1) is 3.57 Å². The molecule has 94 valence electrons. The lowest BCUT2D eigenvalue weighted by Crippen LogP contribution is -2.17. The molecule has 0 saturated carbocycles. The van der Waals surface area contributed by atoms with Gasteiger partial charge in [0.05, 0.1) is 0 Å². The Labute approximate surface area is 130 Å². The smallest absolute Gasteiger partial charge is 0.0295 e. The third kappa shape index (κ3) is 4.07. The Morgan fingerprint density at radius 3 is 2.56 bits per heavy atom. The molecule has 0 spiro atoms. The maximum absolute atomic E-state index is 3.54. The highest BCUT2D eigenvalue weighted by atomic mass is 127. The topological polar surface area (TPSA) is 12.0 Å². The Balaban J connectivity index is 1.96. The molecule has 1 nitrogen and oxygen atoms in total. The molecule has 0 heterocycles. The quantitative estimate of drug-likeness (QED) is 0.700. The molecule has 0 amide bonds. The van der Waals surface area contributed by atoms with Crippen LogP contribution in [0.25, 0.3) is 0 Å². The summed E-state index contributed by atoms with van der Waals surface area (Å²) in [6.45, 7) is 3.08. The Hall–Kier alpha value is -0.390. The highest BCUT2D eigenvalue weighted by Gasteiger charge is 2.04. The molecule has 0 aliphatic rings. The van der Waals surface area contributed by atoms with Gasteiger partial charge in [-0.1, -0.05) is 40.2 Å². The van der Waals surface area contributed by atoms with Crippen molar-refractivity contribution in [3.05, 3.63) is 67.7 Å². The van der Waals surface area contributed by atoms with E-state index in [0.717, 1.165) is 11.0 Å². The highest BCUT2D eigenvalue weighted by Crippen LogP contribution is 2.18. The zero-order chi connectivity index (χ0) is 13.0. The fraction of sp³-hybridized carbons (Fsp3) is 0.200. The van der Waals surface area contributed by atoms with Gasteiger partial charge in [-0.05, 0) is 64.9 Å². The van der Waals surface area contributed by atoms with Crippen molar-refractivity contribution in [2.75, 3.05) is 0 Å². The minimum Gasteiger partial charge on any atom is -0.306 e. The van der Waals surface area contributed by atoms with Crippen LogP contribution in [0.2, 0.25) is 0 Å². The highest BCUT2D eigenvalue weighted by molar-refractivity contribution is 14.1. The molecule has 0 aliphatic carbocycles. The maximum atomic E-state index is 3.54. The van der Waals surface area contributed by atoms with E-state index in [0.29, 0.717) is 6.04 Å². The maximum Gasteiger partial charge on any atom is 0.0295 e. The van der Waals surface area contributed by atoms with Crippen LogP contribution in [-0.4, -0.2) is 0 Å². The molecule has 0 aliphatic heterocycles. The van der Waals surface area contributed by atoms with Gasteiger partial charge in [-0.3, -0.25) is 0 Å². The molecule has 1 atom stereocenters. The van der Waals surface area contributed by atoms with Crippen LogP contribution in [0.15, 0.2) is 53.0 Å². The van der Waals surface area contributed by atoms with Gasteiger partial charge in [0.25, 0.3) is 0 Å². The molecule has 0 unspecified atom stereocenters. The second-order valence-electron chi connectivity index (χ2n) is 4.28. The molecule has 2 rings (SSSR count). The first kappa shape index (κ1) is 14.0. The summed E-state index contributed by atoms with van der Waals surface area (Å²) in [6.07, 6.45) is 0. The molecule has 1 N–H and O–H groups in total. The Morgan fingerprint density at radius 2 is 1.89 bits per heavy atom. The zero-order valence-electron chi connectivity index (χ0n) is 10.2. The second kappa shape index (κ2) is 6.68. The summed E-state index contributed by atoms with van der Waals surface area (Å²) in [6, 6.07) is 17.4. The van der Waals surface area contributed by atoms with E-state index in [4.69, 9.17) is 0 Å². The minimum atomic E-state index is 0.349. The summed E-state index contributed by atoms with van der Waals surface area (Å²) in [4.78, 5) is 0. The van der Waals surface area contributed by atoms with E-state index >= 15 is 0 Å². The molecule has 2 aromatic rings. The van der Waals surface area contributed by atoms with E-state index in [1.165, 1.54) is 14.7 Å². The van der Waals surface area contributed by atoms with Crippen LogP contribution in [0.4, 0.5) is 0 Å². The van der Waals surface area contributed by atoms with Crippen molar-refractivity contribution in [2.45, 2.75) is 19.5 Å². The van der Waals surface area contributed by atoms with Crippen LogP contribution in [0.5, 0.6) is 0 Å². The molecular formula is C15H15BrIN. The lowest BCUT2D eigenvalue weighted by atomic mass is 10.1. The third-order valence-electron chi connectivity index (χ3n) is 2.87.